The standard InChI is InChI=1S/C13H12F3N5O.ClH/c14-13(15,16)11-2-1-8(5-18-11)10-3-9(20-7-21-10)6-19-12(22)4-17;/h1-3,5,7H,4,6,17H2,(H,19,22);1H. The number of amides is 1. The normalized spacial score (nSPS) is 10.8. The van der Waals surface area contributed by atoms with Gasteiger partial charge < -0.3 is 11.1 Å². The van der Waals surface area contributed by atoms with E-state index in [9.17, 15) is 18.0 Å². The third-order valence-corrected chi connectivity index (χ3v) is 2.73. The van der Waals surface area contributed by atoms with Crippen LogP contribution in [0.5, 0.6) is 0 Å². The maximum Gasteiger partial charge on any atom is 0.433 e. The summed E-state index contributed by atoms with van der Waals surface area (Å²) in [7, 11) is 0. The number of halogens is 4. The number of nitrogens with zero attached hydrogens (tertiary/aromatic N) is 3. The molecule has 0 spiro atoms. The van der Waals surface area contributed by atoms with Gasteiger partial charge in [0.1, 0.15) is 12.0 Å². The van der Waals surface area contributed by atoms with Crippen molar-refractivity contribution in [1.29, 1.82) is 0 Å². The van der Waals surface area contributed by atoms with E-state index >= 15 is 0 Å². The van der Waals surface area contributed by atoms with Gasteiger partial charge in [-0.15, -0.1) is 12.4 Å². The molecule has 2 aromatic rings. The fourth-order valence-electron chi connectivity index (χ4n) is 1.63. The minimum absolute atomic E-state index is 0. The van der Waals surface area contributed by atoms with Crippen molar-refractivity contribution in [1.82, 2.24) is 20.3 Å². The molecule has 1 amide bonds. The molecule has 0 aromatic carbocycles. The van der Waals surface area contributed by atoms with Crippen LogP contribution in [-0.4, -0.2) is 27.4 Å². The summed E-state index contributed by atoms with van der Waals surface area (Å²) in [5.41, 5.74) is 5.52. The second kappa shape index (κ2) is 7.84. The van der Waals surface area contributed by atoms with E-state index in [0.29, 0.717) is 17.0 Å². The molecule has 0 radical (unpaired) electrons. The molecule has 3 N–H and O–H groups in total. The molecule has 0 saturated carbocycles. The maximum atomic E-state index is 12.5. The predicted molar refractivity (Wildman–Crippen MR) is 78.4 cm³/mol. The molecule has 10 heteroatoms. The van der Waals surface area contributed by atoms with Crippen molar-refractivity contribution in [3.8, 4) is 11.3 Å². The average molecular weight is 348 g/mol. The van der Waals surface area contributed by atoms with Crippen molar-refractivity contribution in [3.05, 3.63) is 42.1 Å². The highest BCUT2D eigenvalue weighted by Crippen LogP contribution is 2.28. The van der Waals surface area contributed by atoms with Crippen molar-refractivity contribution in [2.75, 3.05) is 6.54 Å². The zero-order chi connectivity index (χ0) is 16.2. The van der Waals surface area contributed by atoms with Crippen LogP contribution in [0.15, 0.2) is 30.7 Å². The summed E-state index contributed by atoms with van der Waals surface area (Å²) in [5, 5.41) is 2.54. The molecule has 0 fully saturated rings. The topological polar surface area (TPSA) is 93.8 Å². The number of nitrogens with one attached hydrogen (secondary N) is 1. The Bertz CT molecular complexity index is 663. The summed E-state index contributed by atoms with van der Waals surface area (Å²) in [6.07, 6.45) is -2.13. The summed E-state index contributed by atoms with van der Waals surface area (Å²) in [5.74, 6) is -0.337. The SMILES string of the molecule is Cl.NCC(=O)NCc1cc(-c2ccc(C(F)(F)F)nc2)ncn1. The number of rotatable bonds is 4. The van der Waals surface area contributed by atoms with Crippen LogP contribution in [0.3, 0.4) is 0 Å². The Hall–Kier alpha value is -2.26. The van der Waals surface area contributed by atoms with Gasteiger partial charge in [0.2, 0.25) is 5.91 Å². The summed E-state index contributed by atoms with van der Waals surface area (Å²) in [6.45, 7) is 0.0143. The Kier molecular flexibility index (Phi) is 6.40. The van der Waals surface area contributed by atoms with E-state index < -0.39 is 11.9 Å². The van der Waals surface area contributed by atoms with Crippen LogP contribution in [0.25, 0.3) is 11.3 Å². The van der Waals surface area contributed by atoms with Crippen LogP contribution in [0.1, 0.15) is 11.4 Å². The second-order valence-corrected chi connectivity index (χ2v) is 4.31. The van der Waals surface area contributed by atoms with Crippen molar-refractivity contribution in [2.24, 2.45) is 5.73 Å². The molecule has 124 valence electrons. The quantitative estimate of drug-likeness (QED) is 0.875. The lowest BCUT2D eigenvalue weighted by Crippen LogP contribution is -2.30. The molecule has 0 atom stereocenters. The fourth-order valence-corrected chi connectivity index (χ4v) is 1.63. The zero-order valence-corrected chi connectivity index (χ0v) is 12.5. The highest BCUT2D eigenvalue weighted by Gasteiger charge is 2.32. The first kappa shape index (κ1) is 18.8. The van der Waals surface area contributed by atoms with Crippen LogP contribution in [-0.2, 0) is 17.5 Å². The van der Waals surface area contributed by atoms with E-state index in [0.717, 1.165) is 12.3 Å². The molecule has 6 nitrogen and oxygen atoms in total. The Morgan fingerprint density at radius 2 is 1.96 bits per heavy atom. The van der Waals surface area contributed by atoms with Crippen molar-refractivity contribution < 1.29 is 18.0 Å². The van der Waals surface area contributed by atoms with Crippen LogP contribution in [0.2, 0.25) is 0 Å². The minimum atomic E-state index is -4.48. The van der Waals surface area contributed by atoms with Crippen LogP contribution >= 0.6 is 12.4 Å². The Morgan fingerprint density at radius 1 is 1.22 bits per heavy atom. The number of hydrogen-bond donors (Lipinski definition) is 2. The fraction of sp³-hybridized carbons (Fsp3) is 0.231. The second-order valence-electron chi connectivity index (χ2n) is 4.31. The van der Waals surface area contributed by atoms with Crippen molar-refractivity contribution >= 4 is 18.3 Å². The molecular weight excluding hydrogens is 335 g/mol. The van der Waals surface area contributed by atoms with Gasteiger partial charge in [-0.2, -0.15) is 13.2 Å². The van der Waals surface area contributed by atoms with Gasteiger partial charge in [-0.05, 0) is 18.2 Å². The maximum absolute atomic E-state index is 12.5. The van der Waals surface area contributed by atoms with Gasteiger partial charge in [0.05, 0.1) is 24.5 Å². The molecule has 23 heavy (non-hydrogen) atoms. The van der Waals surface area contributed by atoms with Gasteiger partial charge in [0.15, 0.2) is 0 Å². The van der Waals surface area contributed by atoms with Gasteiger partial charge in [-0.1, -0.05) is 0 Å². The van der Waals surface area contributed by atoms with Gasteiger partial charge >= 0.3 is 6.18 Å². The summed E-state index contributed by atoms with van der Waals surface area (Å²) in [6, 6.07) is 3.72. The average Bonchev–Trinajstić information content (AvgIpc) is 2.52. The minimum Gasteiger partial charge on any atom is -0.349 e. The number of hydrogen-bond acceptors (Lipinski definition) is 5. The van der Waals surface area contributed by atoms with Crippen molar-refractivity contribution in [2.45, 2.75) is 12.7 Å². The van der Waals surface area contributed by atoms with E-state index in [2.05, 4.69) is 20.3 Å². The van der Waals surface area contributed by atoms with Crippen molar-refractivity contribution in [3.63, 3.8) is 0 Å². The molecule has 0 aliphatic heterocycles. The van der Waals surface area contributed by atoms with Gasteiger partial charge in [0, 0.05) is 11.8 Å². The Morgan fingerprint density at radius 3 is 2.52 bits per heavy atom. The van der Waals surface area contributed by atoms with Crippen LogP contribution < -0.4 is 11.1 Å². The lowest BCUT2D eigenvalue weighted by Gasteiger charge is -2.07. The smallest absolute Gasteiger partial charge is 0.349 e. The van der Waals surface area contributed by atoms with Gasteiger partial charge in [0.25, 0.3) is 0 Å². The summed E-state index contributed by atoms with van der Waals surface area (Å²) < 4.78 is 37.4. The number of nitrogens with two attached hydrogens (primary N) is 1. The van der Waals surface area contributed by atoms with E-state index in [1.807, 2.05) is 0 Å². The molecular formula is C13H13ClF3N5O. The summed E-state index contributed by atoms with van der Waals surface area (Å²) >= 11 is 0. The number of aromatic nitrogens is 3. The number of carbonyl (C=O) groups excluding carboxylic acids is 1. The summed E-state index contributed by atoms with van der Waals surface area (Å²) in [4.78, 5) is 22.4. The molecule has 2 aromatic heterocycles. The van der Waals surface area contributed by atoms with E-state index in [-0.39, 0.29) is 31.4 Å². The van der Waals surface area contributed by atoms with Gasteiger partial charge in [-0.3, -0.25) is 9.78 Å². The molecule has 0 aliphatic rings. The Labute approximate surface area is 135 Å². The third-order valence-electron chi connectivity index (χ3n) is 2.73. The molecule has 0 saturated heterocycles. The molecule has 0 unspecified atom stereocenters. The van der Waals surface area contributed by atoms with E-state index in [4.69, 9.17) is 5.73 Å². The number of pyridine rings is 1. The lowest BCUT2D eigenvalue weighted by atomic mass is 10.1. The monoisotopic (exact) mass is 347 g/mol. The third kappa shape index (κ3) is 5.15. The first-order chi connectivity index (χ1) is 10.4. The number of carbonyl (C=O) groups is 1. The predicted octanol–water partition coefficient (Wildman–Crippen LogP) is 1.55. The first-order valence-corrected chi connectivity index (χ1v) is 6.21. The first-order valence-electron chi connectivity index (χ1n) is 6.21. The zero-order valence-electron chi connectivity index (χ0n) is 11.7. The largest absolute Gasteiger partial charge is 0.433 e. The number of alkyl halides is 3. The van der Waals surface area contributed by atoms with E-state index in [1.165, 1.54) is 12.4 Å². The highest BCUT2D eigenvalue weighted by atomic mass is 35.5. The van der Waals surface area contributed by atoms with Gasteiger partial charge in [-0.25, -0.2) is 9.97 Å². The molecule has 0 aliphatic carbocycles. The lowest BCUT2D eigenvalue weighted by molar-refractivity contribution is -0.141. The molecule has 2 rings (SSSR count). The Balaban J connectivity index is 0.00000264. The van der Waals surface area contributed by atoms with E-state index in [1.54, 1.807) is 6.07 Å². The molecule has 2 heterocycles. The van der Waals surface area contributed by atoms with Crippen LogP contribution in [0.4, 0.5) is 13.2 Å². The van der Waals surface area contributed by atoms with Crippen LogP contribution in [0, 0.1) is 0 Å². The highest BCUT2D eigenvalue weighted by molar-refractivity contribution is 5.85. The molecule has 0 bridgehead atoms.